The number of carbonyl (C=O) groups is 2. The first kappa shape index (κ1) is 14.8. The van der Waals surface area contributed by atoms with Crippen LogP contribution in [0.5, 0.6) is 0 Å². The molecule has 2 aromatic carbocycles. The van der Waals surface area contributed by atoms with Gasteiger partial charge < -0.3 is 11.1 Å². The van der Waals surface area contributed by atoms with Gasteiger partial charge in [-0.1, -0.05) is 26.0 Å². The average molecular weight is 282 g/mol. The Balaban J connectivity index is 2.08. The van der Waals surface area contributed by atoms with Crippen molar-refractivity contribution < 1.29 is 9.59 Å². The molecule has 0 saturated carbocycles. The maximum Gasteiger partial charge on any atom is 0.255 e. The lowest BCUT2D eigenvalue weighted by Crippen LogP contribution is -2.13. The highest BCUT2D eigenvalue weighted by Gasteiger charge is 2.07. The van der Waals surface area contributed by atoms with Crippen LogP contribution in [0.15, 0.2) is 48.5 Å². The van der Waals surface area contributed by atoms with Gasteiger partial charge in [-0.05, 0) is 47.9 Å². The van der Waals surface area contributed by atoms with Crippen LogP contribution in [0.3, 0.4) is 0 Å². The molecule has 0 aliphatic rings. The quantitative estimate of drug-likeness (QED) is 0.904. The van der Waals surface area contributed by atoms with Crippen molar-refractivity contribution in [3.8, 4) is 0 Å². The molecule has 4 heteroatoms. The maximum absolute atomic E-state index is 12.1. The molecule has 2 amide bonds. The molecule has 0 radical (unpaired) electrons. The van der Waals surface area contributed by atoms with Crippen molar-refractivity contribution in [3.63, 3.8) is 0 Å². The van der Waals surface area contributed by atoms with Gasteiger partial charge in [0.2, 0.25) is 5.91 Å². The molecular weight excluding hydrogens is 264 g/mol. The Morgan fingerprint density at radius 2 is 1.43 bits per heavy atom. The number of primary amides is 1. The fourth-order valence-electron chi connectivity index (χ4n) is 1.94. The summed E-state index contributed by atoms with van der Waals surface area (Å²) in [6, 6.07) is 14.0. The molecule has 0 aliphatic carbocycles. The molecule has 0 fully saturated rings. The zero-order chi connectivity index (χ0) is 15.4. The highest BCUT2D eigenvalue weighted by atomic mass is 16.2. The maximum atomic E-state index is 12.1. The summed E-state index contributed by atoms with van der Waals surface area (Å²) >= 11 is 0. The van der Waals surface area contributed by atoms with Gasteiger partial charge in [0, 0.05) is 16.8 Å². The predicted octanol–water partition coefficient (Wildman–Crippen LogP) is 3.16. The van der Waals surface area contributed by atoms with Crippen molar-refractivity contribution in [1.82, 2.24) is 0 Å². The van der Waals surface area contributed by atoms with Crippen LogP contribution in [0.25, 0.3) is 0 Å². The Hall–Kier alpha value is -2.62. The van der Waals surface area contributed by atoms with Gasteiger partial charge >= 0.3 is 0 Å². The largest absolute Gasteiger partial charge is 0.366 e. The Kier molecular flexibility index (Phi) is 4.38. The van der Waals surface area contributed by atoms with Crippen LogP contribution in [0.2, 0.25) is 0 Å². The van der Waals surface area contributed by atoms with Crippen molar-refractivity contribution in [2.45, 2.75) is 19.8 Å². The van der Waals surface area contributed by atoms with Crippen molar-refractivity contribution in [1.29, 1.82) is 0 Å². The number of hydrogen-bond donors (Lipinski definition) is 2. The second-order valence-corrected chi connectivity index (χ2v) is 5.17. The first-order valence-electron chi connectivity index (χ1n) is 6.78. The zero-order valence-electron chi connectivity index (χ0n) is 12.1. The van der Waals surface area contributed by atoms with E-state index in [2.05, 4.69) is 19.2 Å². The molecule has 0 bridgehead atoms. The summed E-state index contributed by atoms with van der Waals surface area (Å²) in [5.41, 5.74) is 7.99. The van der Waals surface area contributed by atoms with E-state index in [0.717, 1.165) is 0 Å². The molecule has 2 rings (SSSR count). The molecule has 0 aliphatic heterocycles. The van der Waals surface area contributed by atoms with Crippen LogP contribution in [0.1, 0.15) is 46.0 Å². The van der Waals surface area contributed by atoms with Gasteiger partial charge in [0.1, 0.15) is 0 Å². The summed E-state index contributed by atoms with van der Waals surface area (Å²) in [5, 5.41) is 2.78. The topological polar surface area (TPSA) is 72.2 Å². The number of benzene rings is 2. The summed E-state index contributed by atoms with van der Waals surface area (Å²) in [6.07, 6.45) is 0. The lowest BCUT2D eigenvalue weighted by atomic mass is 10.0. The molecule has 21 heavy (non-hydrogen) atoms. The van der Waals surface area contributed by atoms with Crippen molar-refractivity contribution in [2.75, 3.05) is 5.32 Å². The molecule has 0 atom stereocenters. The van der Waals surface area contributed by atoms with Crippen LogP contribution in [0, 0.1) is 0 Å². The SMILES string of the molecule is CC(C)c1ccc(C(=O)Nc2ccc(C(N)=O)cc2)cc1. The second-order valence-electron chi connectivity index (χ2n) is 5.17. The lowest BCUT2D eigenvalue weighted by Gasteiger charge is -2.08. The van der Waals surface area contributed by atoms with E-state index in [9.17, 15) is 9.59 Å². The number of nitrogens with one attached hydrogen (secondary N) is 1. The molecule has 4 nitrogen and oxygen atoms in total. The number of rotatable bonds is 4. The summed E-state index contributed by atoms with van der Waals surface area (Å²) in [4.78, 5) is 23.1. The summed E-state index contributed by atoms with van der Waals surface area (Å²) in [5.74, 6) is -0.238. The molecule has 0 saturated heterocycles. The molecular formula is C17H18N2O2. The third-order valence-corrected chi connectivity index (χ3v) is 3.27. The first-order valence-corrected chi connectivity index (χ1v) is 6.78. The van der Waals surface area contributed by atoms with E-state index in [1.54, 1.807) is 24.3 Å². The molecule has 0 unspecified atom stereocenters. The Bertz CT molecular complexity index is 643. The second kappa shape index (κ2) is 6.22. The molecule has 108 valence electrons. The van der Waals surface area contributed by atoms with E-state index in [1.165, 1.54) is 5.56 Å². The normalized spacial score (nSPS) is 10.4. The first-order chi connectivity index (χ1) is 9.97. The van der Waals surface area contributed by atoms with Gasteiger partial charge in [0.25, 0.3) is 5.91 Å². The van der Waals surface area contributed by atoms with Gasteiger partial charge in [0.05, 0.1) is 0 Å². The Morgan fingerprint density at radius 1 is 0.905 bits per heavy atom. The minimum absolute atomic E-state index is 0.183. The highest BCUT2D eigenvalue weighted by Crippen LogP contribution is 2.16. The monoisotopic (exact) mass is 282 g/mol. The molecule has 0 spiro atoms. The van der Waals surface area contributed by atoms with Crippen molar-refractivity contribution in [3.05, 3.63) is 65.2 Å². The minimum Gasteiger partial charge on any atom is -0.366 e. The van der Waals surface area contributed by atoms with E-state index in [1.807, 2.05) is 24.3 Å². The fourth-order valence-corrected chi connectivity index (χ4v) is 1.94. The Labute approximate surface area is 124 Å². The Morgan fingerprint density at radius 3 is 1.90 bits per heavy atom. The van der Waals surface area contributed by atoms with Crippen molar-refractivity contribution in [2.24, 2.45) is 5.73 Å². The van der Waals surface area contributed by atoms with Gasteiger partial charge in [-0.2, -0.15) is 0 Å². The van der Waals surface area contributed by atoms with Crippen LogP contribution in [0.4, 0.5) is 5.69 Å². The van der Waals surface area contributed by atoms with Crippen LogP contribution >= 0.6 is 0 Å². The van der Waals surface area contributed by atoms with E-state index in [0.29, 0.717) is 22.7 Å². The standard InChI is InChI=1S/C17H18N2O2/c1-11(2)12-3-5-14(6-4-12)17(21)19-15-9-7-13(8-10-15)16(18)20/h3-11H,1-2H3,(H2,18,20)(H,19,21). The number of amides is 2. The summed E-state index contributed by atoms with van der Waals surface area (Å²) in [6.45, 7) is 4.21. The third kappa shape index (κ3) is 3.69. The highest BCUT2D eigenvalue weighted by molar-refractivity contribution is 6.04. The van der Waals surface area contributed by atoms with Crippen LogP contribution in [-0.2, 0) is 0 Å². The van der Waals surface area contributed by atoms with Gasteiger partial charge in [0.15, 0.2) is 0 Å². The minimum atomic E-state index is -0.489. The predicted molar refractivity (Wildman–Crippen MR) is 83.4 cm³/mol. The van der Waals surface area contributed by atoms with Crippen LogP contribution < -0.4 is 11.1 Å². The average Bonchev–Trinajstić information content (AvgIpc) is 2.47. The molecule has 3 N–H and O–H groups in total. The molecule has 0 aromatic heterocycles. The van der Waals surface area contributed by atoms with E-state index in [4.69, 9.17) is 5.73 Å². The molecule has 2 aromatic rings. The number of nitrogens with two attached hydrogens (primary N) is 1. The zero-order valence-corrected chi connectivity index (χ0v) is 12.1. The number of carbonyl (C=O) groups excluding carboxylic acids is 2. The lowest BCUT2D eigenvalue weighted by molar-refractivity contribution is 0.0998. The molecule has 0 heterocycles. The van der Waals surface area contributed by atoms with Gasteiger partial charge in [-0.25, -0.2) is 0 Å². The van der Waals surface area contributed by atoms with Gasteiger partial charge in [-0.15, -0.1) is 0 Å². The third-order valence-electron chi connectivity index (χ3n) is 3.27. The van der Waals surface area contributed by atoms with Crippen molar-refractivity contribution >= 4 is 17.5 Å². The van der Waals surface area contributed by atoms with E-state index in [-0.39, 0.29) is 5.91 Å². The van der Waals surface area contributed by atoms with E-state index < -0.39 is 5.91 Å². The smallest absolute Gasteiger partial charge is 0.255 e. The number of hydrogen-bond acceptors (Lipinski definition) is 2. The van der Waals surface area contributed by atoms with Gasteiger partial charge in [-0.3, -0.25) is 9.59 Å². The fraction of sp³-hybridized carbons (Fsp3) is 0.176. The summed E-state index contributed by atoms with van der Waals surface area (Å²) in [7, 11) is 0. The summed E-state index contributed by atoms with van der Waals surface area (Å²) < 4.78 is 0. The van der Waals surface area contributed by atoms with Crippen LogP contribution in [-0.4, -0.2) is 11.8 Å². The van der Waals surface area contributed by atoms with E-state index >= 15 is 0 Å². The number of anilines is 1.